The molecule has 2 nitrogen and oxygen atoms in total. The van der Waals surface area contributed by atoms with E-state index in [1.54, 1.807) is 17.3 Å². The van der Waals surface area contributed by atoms with Crippen LogP contribution in [0.5, 0.6) is 0 Å². The number of hydrogen-bond donors (Lipinski definition) is 2. The van der Waals surface area contributed by atoms with Crippen LogP contribution in [0.3, 0.4) is 0 Å². The normalized spacial score (nSPS) is 10.5. The summed E-state index contributed by atoms with van der Waals surface area (Å²) in [4.78, 5) is 0. The fraction of sp³-hybridized carbons (Fsp3) is 0.143. The molecule has 0 spiro atoms. The van der Waals surface area contributed by atoms with Gasteiger partial charge in [-0.3, -0.25) is 0 Å². The molecule has 0 aliphatic rings. The van der Waals surface area contributed by atoms with Gasteiger partial charge in [-0.05, 0) is 59.7 Å². The third-order valence-corrected chi connectivity index (χ3v) is 13.6. The van der Waals surface area contributed by atoms with E-state index in [1.165, 1.54) is 44.7 Å². The smallest absolute Gasteiger partial charge is 0.0967 e. The number of nitrogens with one attached hydrogen (secondary N) is 2. The first-order valence-corrected chi connectivity index (χ1v) is 22.2. The zero-order valence-corrected chi connectivity index (χ0v) is 31.9. The summed E-state index contributed by atoms with van der Waals surface area (Å²) in [5.74, 6) is 0. The molecule has 246 valence electrons. The van der Waals surface area contributed by atoms with Crippen molar-refractivity contribution >= 4 is 46.8 Å². The summed E-state index contributed by atoms with van der Waals surface area (Å²) in [6, 6.07) is 65.0. The quantitative estimate of drug-likeness (QED) is 0.0674. The molecule has 6 rings (SSSR count). The summed E-state index contributed by atoms with van der Waals surface area (Å²) in [5.41, 5.74) is 2.70. The Kier molecular flexibility index (Phi) is 18.4. The molecule has 0 saturated heterocycles. The first-order chi connectivity index (χ1) is 23.9. The molecule has 0 saturated carbocycles. The molecule has 6 heteroatoms. The molecule has 0 heterocycles. The van der Waals surface area contributed by atoms with E-state index in [1.807, 2.05) is 0 Å². The maximum Gasteiger partial charge on any atom is 0.0967 e. The van der Waals surface area contributed by atoms with Gasteiger partial charge < -0.3 is 10.6 Å². The van der Waals surface area contributed by atoms with Crippen molar-refractivity contribution < 1.29 is 17.3 Å². The van der Waals surface area contributed by atoms with Crippen LogP contribution in [-0.2, 0) is 30.4 Å². The molecule has 6 aromatic rings. The molecular weight excluding hydrogens is 731 g/mol. The Hall–Kier alpha value is -2.99. The minimum absolute atomic E-state index is 0.716. The van der Waals surface area contributed by atoms with Crippen molar-refractivity contribution in [2.75, 3.05) is 25.4 Å². The summed E-state index contributed by atoms with van der Waals surface area (Å²) < 4.78 is 0. The zero-order chi connectivity index (χ0) is 33.5. The van der Waals surface area contributed by atoms with Gasteiger partial charge in [0.25, 0.3) is 0 Å². The minimum atomic E-state index is -0.716. The van der Waals surface area contributed by atoms with Gasteiger partial charge in [0.05, 0.1) is 49.4 Å². The molecule has 0 atom stereocenters. The fourth-order valence-corrected chi connectivity index (χ4v) is 10.6. The Morgan fingerprint density at radius 1 is 0.354 bits per heavy atom. The minimum Gasteiger partial charge on any atom is -0.309 e. The Morgan fingerprint density at radius 2 is 0.583 bits per heavy atom. The Morgan fingerprint density at radius 3 is 0.833 bits per heavy atom. The van der Waals surface area contributed by atoms with Gasteiger partial charge >= 0.3 is 27.0 Å². The van der Waals surface area contributed by atoms with E-state index in [-0.39, 0.29) is 0 Å². The Balaban J connectivity index is 0.000000206. The Labute approximate surface area is 304 Å². The third kappa shape index (κ3) is 13.5. The van der Waals surface area contributed by atoms with Crippen molar-refractivity contribution in [3.8, 4) is 0 Å². The molecular formula is C42H47ClN2P2Ru+4. The van der Waals surface area contributed by atoms with Gasteiger partial charge in [0.2, 0.25) is 0 Å². The van der Waals surface area contributed by atoms with Gasteiger partial charge in [-0.15, -0.1) is 0 Å². The standard InChI is InChI=1S/2C21H22NP.ClH.Ru.H/c2*1-4-10-19(11-5-1)18-22-16-17-23(20-12-6-2-7-13-20)21-14-8-3-9-15-21;;;/h2*1-15,22H,16-18H2;1H;;/q;;;+3;/p+1. The number of benzene rings is 6. The second-order valence-electron chi connectivity index (χ2n) is 11.2. The van der Waals surface area contributed by atoms with Gasteiger partial charge in [-0.1, -0.05) is 133 Å². The monoisotopic (exact) mass is 778 g/mol. The van der Waals surface area contributed by atoms with Crippen molar-refractivity contribution in [2.45, 2.75) is 13.1 Å². The SMILES string of the molecule is [Cl][RuH+2].c1ccc(CNCC[PH+](c2ccccc2)c2ccccc2)cc1.c1ccc(CNCC[PH+](c2ccccc2)c2ccccc2)cc1. The Bertz CT molecular complexity index is 1430. The number of hydrogen-bond acceptors (Lipinski definition) is 2. The van der Waals surface area contributed by atoms with E-state index >= 15 is 0 Å². The third-order valence-electron chi connectivity index (χ3n) is 7.94. The average molecular weight is 778 g/mol. The van der Waals surface area contributed by atoms with Crippen molar-refractivity contribution in [1.29, 1.82) is 0 Å². The van der Waals surface area contributed by atoms with Crippen LogP contribution in [0.4, 0.5) is 0 Å². The predicted molar refractivity (Wildman–Crippen MR) is 214 cm³/mol. The van der Waals surface area contributed by atoms with Crippen LogP contribution in [0.25, 0.3) is 0 Å². The maximum atomic E-state index is 4.61. The molecule has 0 aliphatic heterocycles. The number of halogens is 1. The van der Waals surface area contributed by atoms with Crippen molar-refractivity contribution in [2.24, 2.45) is 0 Å². The number of rotatable bonds is 14. The largest absolute Gasteiger partial charge is 0.309 e. The van der Waals surface area contributed by atoms with Gasteiger partial charge in [0.15, 0.2) is 0 Å². The van der Waals surface area contributed by atoms with Crippen molar-refractivity contribution in [3.05, 3.63) is 193 Å². The fourth-order valence-electron chi connectivity index (χ4n) is 5.55. The molecule has 6 aromatic carbocycles. The van der Waals surface area contributed by atoms with E-state index in [4.69, 9.17) is 0 Å². The van der Waals surface area contributed by atoms with Crippen molar-refractivity contribution in [3.63, 3.8) is 0 Å². The van der Waals surface area contributed by atoms with E-state index in [0.29, 0.717) is 0 Å². The van der Waals surface area contributed by atoms with Gasteiger partial charge in [0, 0.05) is 26.2 Å². The van der Waals surface area contributed by atoms with Crippen LogP contribution >= 0.6 is 25.5 Å². The van der Waals surface area contributed by atoms with E-state index < -0.39 is 15.8 Å². The van der Waals surface area contributed by atoms with E-state index in [0.717, 1.165) is 26.2 Å². The summed E-state index contributed by atoms with van der Waals surface area (Å²) in [7, 11) is 3.18. The summed E-state index contributed by atoms with van der Waals surface area (Å²) in [6.45, 7) is 3.99. The maximum absolute atomic E-state index is 4.61. The molecule has 0 fully saturated rings. The molecule has 0 aliphatic carbocycles. The van der Waals surface area contributed by atoms with E-state index in [2.05, 4.69) is 202 Å². The molecule has 0 bridgehead atoms. The topological polar surface area (TPSA) is 24.1 Å². The second-order valence-corrected chi connectivity index (χ2v) is 16.5. The second kappa shape index (κ2) is 23.4. The van der Waals surface area contributed by atoms with Crippen LogP contribution in [0, 0.1) is 0 Å². The van der Waals surface area contributed by atoms with Crippen LogP contribution < -0.4 is 31.9 Å². The molecule has 48 heavy (non-hydrogen) atoms. The molecule has 0 radical (unpaired) electrons. The molecule has 0 unspecified atom stereocenters. The summed E-state index contributed by atoms with van der Waals surface area (Å²) in [5, 5.41) is 13.2. The summed E-state index contributed by atoms with van der Waals surface area (Å²) in [6.07, 6.45) is 2.40. The van der Waals surface area contributed by atoms with Gasteiger partial charge in [-0.25, -0.2) is 0 Å². The van der Waals surface area contributed by atoms with Crippen LogP contribution in [0.2, 0.25) is 0 Å². The van der Waals surface area contributed by atoms with Crippen LogP contribution in [0.1, 0.15) is 11.1 Å². The zero-order valence-electron chi connectivity index (χ0n) is 27.3. The first kappa shape index (κ1) is 37.8. The van der Waals surface area contributed by atoms with E-state index in [9.17, 15) is 0 Å². The molecule has 2 N–H and O–H groups in total. The average Bonchev–Trinajstić information content (AvgIpc) is 3.18. The van der Waals surface area contributed by atoms with Crippen LogP contribution in [0.15, 0.2) is 182 Å². The molecule has 0 aromatic heterocycles. The van der Waals surface area contributed by atoms with Crippen molar-refractivity contribution in [1.82, 2.24) is 10.6 Å². The molecule has 0 amide bonds. The van der Waals surface area contributed by atoms with Gasteiger partial charge in [0.1, 0.15) is 0 Å². The predicted octanol–water partition coefficient (Wildman–Crippen LogP) is 7.70. The summed E-state index contributed by atoms with van der Waals surface area (Å²) >= 11 is 1.62. The van der Waals surface area contributed by atoms with Gasteiger partial charge in [-0.2, -0.15) is 0 Å². The first-order valence-electron chi connectivity index (χ1n) is 16.4. The van der Waals surface area contributed by atoms with Crippen LogP contribution in [-0.4, -0.2) is 25.4 Å².